The van der Waals surface area contributed by atoms with Crippen LogP contribution in [-0.4, -0.2) is 60.2 Å². The number of aliphatic hydroxyl groups is 1. The maximum atomic E-state index is 12.4. The van der Waals surface area contributed by atoms with Gasteiger partial charge in [0.25, 0.3) is 0 Å². The van der Waals surface area contributed by atoms with Gasteiger partial charge in [-0.05, 0) is 6.92 Å². The zero-order valence-corrected chi connectivity index (χ0v) is 16.0. The summed E-state index contributed by atoms with van der Waals surface area (Å²) >= 11 is 6.86. The highest BCUT2D eigenvalue weighted by molar-refractivity contribution is 7.18. The first-order chi connectivity index (χ1) is 12.8. The lowest BCUT2D eigenvalue weighted by atomic mass is 9.77. The number of β-lactam (4-membered cyclic amide) rings is 1. The third kappa shape index (κ3) is 2.38. The van der Waals surface area contributed by atoms with Gasteiger partial charge < -0.3 is 15.1 Å². The summed E-state index contributed by atoms with van der Waals surface area (Å²) in [4.78, 5) is 42.8. The predicted molar refractivity (Wildman–Crippen MR) is 97.6 cm³/mol. The Kier molecular flexibility index (Phi) is 4.13. The number of aromatic nitrogens is 2. The fourth-order valence-corrected chi connectivity index (χ4v) is 5.43. The standard InChI is InChI=1S/C17H16ClN3O5S/c1-6-10(9-4-20-5-19-12(8(23)3-18)16(20)27-9)14(17(25)26)21-13(6)11(7(2)22)15(21)24/h4-7,11,13,22H,3H2,1-2H3,(H,25,26)/t6-,7+,11+,13+/m0/s1. The highest BCUT2D eigenvalue weighted by Gasteiger charge is 2.60. The number of carboxylic acid groups (broad SMARTS) is 1. The summed E-state index contributed by atoms with van der Waals surface area (Å²) in [5.74, 6) is -2.96. The first kappa shape index (κ1) is 18.1. The van der Waals surface area contributed by atoms with E-state index in [4.69, 9.17) is 11.6 Å². The molecule has 2 aliphatic rings. The van der Waals surface area contributed by atoms with Crippen LogP contribution in [-0.2, 0) is 9.59 Å². The van der Waals surface area contributed by atoms with E-state index < -0.39 is 18.0 Å². The van der Waals surface area contributed by atoms with E-state index in [0.717, 1.165) is 0 Å². The smallest absolute Gasteiger partial charge is 0.352 e. The molecule has 0 spiro atoms. The average molecular weight is 410 g/mol. The summed E-state index contributed by atoms with van der Waals surface area (Å²) in [5, 5.41) is 19.7. The number of Topliss-reactive ketones (excluding diaryl/α,β-unsaturated/α-hetero) is 1. The minimum absolute atomic E-state index is 0.0583. The van der Waals surface area contributed by atoms with Gasteiger partial charge in [-0.1, -0.05) is 6.92 Å². The highest BCUT2D eigenvalue weighted by atomic mass is 35.5. The first-order valence-electron chi connectivity index (χ1n) is 8.32. The minimum Gasteiger partial charge on any atom is -0.477 e. The largest absolute Gasteiger partial charge is 0.477 e. The number of nitrogens with zero attached hydrogens (tertiary/aromatic N) is 3. The van der Waals surface area contributed by atoms with E-state index in [2.05, 4.69) is 4.98 Å². The number of thiazole rings is 1. The van der Waals surface area contributed by atoms with Crippen LogP contribution in [0.2, 0.25) is 0 Å². The SMILES string of the molecule is C[C@@H](O)[C@H]1C(=O)N2C(C(=O)O)=C(c3cn4cnc(C(=O)CCl)c4s3)[C@H](C)[C@H]12. The van der Waals surface area contributed by atoms with Crippen LogP contribution in [0.3, 0.4) is 0 Å². The van der Waals surface area contributed by atoms with Crippen molar-refractivity contribution in [3.8, 4) is 0 Å². The lowest BCUT2D eigenvalue weighted by molar-refractivity contribution is -0.163. The first-order valence-corrected chi connectivity index (χ1v) is 9.67. The number of fused-ring (bicyclic) bond motifs is 2. The van der Waals surface area contributed by atoms with Crippen LogP contribution < -0.4 is 0 Å². The molecule has 2 aromatic rings. The Morgan fingerprint density at radius 2 is 2.15 bits per heavy atom. The van der Waals surface area contributed by atoms with Crippen molar-refractivity contribution < 1.29 is 24.6 Å². The van der Waals surface area contributed by atoms with Crippen LogP contribution in [0.5, 0.6) is 0 Å². The van der Waals surface area contributed by atoms with E-state index in [9.17, 15) is 24.6 Å². The number of carbonyl (C=O) groups excluding carboxylic acids is 2. The van der Waals surface area contributed by atoms with Crippen molar-refractivity contribution in [2.24, 2.45) is 11.8 Å². The number of amides is 1. The number of ketones is 1. The van der Waals surface area contributed by atoms with E-state index in [1.807, 2.05) is 6.92 Å². The Labute approximate surface area is 162 Å². The number of aliphatic carboxylic acids is 1. The van der Waals surface area contributed by atoms with Crippen LogP contribution in [0, 0.1) is 11.8 Å². The fraction of sp³-hybridized carbons (Fsp3) is 0.412. The van der Waals surface area contributed by atoms with Gasteiger partial charge in [0.05, 0.1) is 28.8 Å². The van der Waals surface area contributed by atoms with Crippen molar-refractivity contribution in [3.05, 3.63) is 28.8 Å². The third-order valence-electron chi connectivity index (χ3n) is 5.24. The van der Waals surface area contributed by atoms with Crippen LogP contribution in [0.25, 0.3) is 10.4 Å². The van der Waals surface area contributed by atoms with E-state index >= 15 is 0 Å². The number of carboxylic acids is 1. The van der Waals surface area contributed by atoms with Gasteiger partial charge in [0.2, 0.25) is 5.91 Å². The Morgan fingerprint density at radius 3 is 2.74 bits per heavy atom. The lowest BCUT2D eigenvalue weighted by Crippen LogP contribution is -2.63. The summed E-state index contributed by atoms with van der Waals surface area (Å²) in [6, 6.07) is -0.387. The molecule has 0 radical (unpaired) electrons. The molecule has 2 aromatic heterocycles. The molecule has 142 valence electrons. The van der Waals surface area contributed by atoms with Crippen molar-refractivity contribution in [1.82, 2.24) is 14.3 Å². The third-order valence-corrected chi connectivity index (χ3v) is 6.62. The van der Waals surface area contributed by atoms with Crippen molar-refractivity contribution in [2.75, 3.05) is 5.88 Å². The van der Waals surface area contributed by atoms with Gasteiger partial charge in [0.1, 0.15) is 22.5 Å². The van der Waals surface area contributed by atoms with Crippen molar-refractivity contribution in [2.45, 2.75) is 26.0 Å². The molecule has 0 aromatic carbocycles. The van der Waals surface area contributed by atoms with Gasteiger partial charge in [0, 0.05) is 17.7 Å². The zero-order valence-electron chi connectivity index (χ0n) is 14.4. The van der Waals surface area contributed by atoms with Gasteiger partial charge in [-0.15, -0.1) is 22.9 Å². The van der Waals surface area contributed by atoms with Gasteiger partial charge in [-0.2, -0.15) is 0 Å². The minimum atomic E-state index is -1.19. The quantitative estimate of drug-likeness (QED) is 0.439. The molecule has 1 amide bonds. The molecular formula is C17H16ClN3O5S. The average Bonchev–Trinajstić information content (AvgIpc) is 3.23. The Hall–Kier alpha value is -2.23. The number of aliphatic hydroxyl groups excluding tert-OH is 1. The molecule has 2 aliphatic heterocycles. The zero-order chi connectivity index (χ0) is 19.6. The number of carbonyl (C=O) groups is 3. The molecule has 0 unspecified atom stereocenters. The highest BCUT2D eigenvalue weighted by Crippen LogP contribution is 2.51. The Morgan fingerprint density at radius 1 is 1.44 bits per heavy atom. The maximum Gasteiger partial charge on any atom is 0.352 e. The second kappa shape index (κ2) is 6.15. The van der Waals surface area contributed by atoms with Gasteiger partial charge in [-0.25, -0.2) is 9.78 Å². The number of halogens is 1. The summed E-state index contributed by atoms with van der Waals surface area (Å²) in [5.41, 5.74) is 0.713. The second-order valence-electron chi connectivity index (χ2n) is 6.78. The fourth-order valence-electron chi connectivity index (χ4n) is 4.07. The number of hydrogen-bond acceptors (Lipinski definition) is 6. The monoisotopic (exact) mass is 409 g/mol. The molecule has 2 N–H and O–H groups in total. The molecular weight excluding hydrogens is 394 g/mol. The van der Waals surface area contributed by atoms with Crippen molar-refractivity contribution in [1.29, 1.82) is 0 Å². The second-order valence-corrected chi connectivity index (χ2v) is 8.08. The molecule has 1 saturated heterocycles. The molecule has 0 aliphatic carbocycles. The summed E-state index contributed by atoms with van der Waals surface area (Å²) in [7, 11) is 0. The van der Waals surface area contributed by atoms with Gasteiger partial charge in [0.15, 0.2) is 5.78 Å². The molecule has 4 heterocycles. The molecule has 8 nitrogen and oxygen atoms in total. The Bertz CT molecular complexity index is 1020. The number of rotatable bonds is 5. The molecule has 4 rings (SSSR count). The Balaban J connectivity index is 1.84. The summed E-state index contributed by atoms with van der Waals surface area (Å²) in [6.07, 6.45) is 2.33. The van der Waals surface area contributed by atoms with Crippen molar-refractivity contribution >= 4 is 51.0 Å². The van der Waals surface area contributed by atoms with Gasteiger partial charge >= 0.3 is 5.97 Å². The van der Waals surface area contributed by atoms with Crippen LogP contribution >= 0.6 is 22.9 Å². The summed E-state index contributed by atoms with van der Waals surface area (Å²) < 4.78 is 1.66. The number of alkyl halides is 1. The van der Waals surface area contributed by atoms with Crippen LogP contribution in [0.15, 0.2) is 18.2 Å². The van der Waals surface area contributed by atoms with Gasteiger partial charge in [-0.3, -0.25) is 14.0 Å². The lowest BCUT2D eigenvalue weighted by Gasteiger charge is -2.46. The topological polar surface area (TPSA) is 112 Å². The summed E-state index contributed by atoms with van der Waals surface area (Å²) in [6.45, 7) is 3.39. The molecule has 0 saturated carbocycles. The normalized spacial score (nSPS) is 25.7. The molecule has 4 atom stereocenters. The van der Waals surface area contributed by atoms with Crippen LogP contribution in [0.1, 0.15) is 29.2 Å². The van der Waals surface area contributed by atoms with E-state index in [1.54, 1.807) is 10.6 Å². The molecule has 1 fully saturated rings. The molecule has 10 heteroatoms. The van der Waals surface area contributed by atoms with Crippen molar-refractivity contribution in [3.63, 3.8) is 0 Å². The number of hydrogen-bond donors (Lipinski definition) is 2. The van der Waals surface area contributed by atoms with E-state index in [-0.39, 0.29) is 40.9 Å². The predicted octanol–water partition coefficient (Wildman–Crippen LogP) is 1.47. The maximum absolute atomic E-state index is 12.4. The van der Waals surface area contributed by atoms with Crippen LogP contribution in [0.4, 0.5) is 0 Å². The number of imidazole rings is 1. The van der Waals surface area contributed by atoms with E-state index in [0.29, 0.717) is 15.3 Å². The van der Waals surface area contributed by atoms with E-state index in [1.165, 1.54) is 29.5 Å². The molecule has 0 bridgehead atoms. The molecule has 27 heavy (non-hydrogen) atoms.